The number of nitrogens with zero attached hydrogens (tertiary/aromatic N) is 1. The summed E-state index contributed by atoms with van der Waals surface area (Å²) in [5, 5.41) is 4.09. The van der Waals surface area contributed by atoms with Crippen LogP contribution >= 0.6 is 11.6 Å². The Labute approximate surface area is 144 Å². The van der Waals surface area contributed by atoms with Gasteiger partial charge in [-0.25, -0.2) is 0 Å². The standard InChI is InChI=1S/C16H15ClN2O4S/c1-9-4-5-12(8-13(9)17)19-24(20,21)15-7-6-14(22-15)16-10(2)11(3)18-23-16/h4-8,19H,1-3H3. The number of anilines is 1. The zero-order valence-electron chi connectivity index (χ0n) is 13.3. The van der Waals surface area contributed by atoms with Crippen molar-refractivity contribution >= 4 is 27.3 Å². The van der Waals surface area contributed by atoms with E-state index in [-0.39, 0.29) is 5.09 Å². The molecule has 3 aromatic rings. The van der Waals surface area contributed by atoms with Crippen LogP contribution in [0.2, 0.25) is 5.02 Å². The number of rotatable bonds is 4. The van der Waals surface area contributed by atoms with Gasteiger partial charge in [0.15, 0.2) is 5.76 Å². The molecule has 0 bridgehead atoms. The quantitative estimate of drug-likeness (QED) is 0.743. The largest absolute Gasteiger partial charge is 0.439 e. The highest BCUT2D eigenvalue weighted by Gasteiger charge is 2.22. The summed E-state index contributed by atoms with van der Waals surface area (Å²) in [6, 6.07) is 7.80. The molecular formula is C16H15ClN2O4S. The van der Waals surface area contributed by atoms with Gasteiger partial charge in [0.1, 0.15) is 0 Å². The summed E-state index contributed by atoms with van der Waals surface area (Å²) in [7, 11) is -3.87. The van der Waals surface area contributed by atoms with Crippen LogP contribution in [0.15, 0.2) is 44.4 Å². The highest BCUT2D eigenvalue weighted by molar-refractivity contribution is 7.92. The lowest BCUT2D eigenvalue weighted by molar-refractivity contribution is 0.398. The normalized spacial score (nSPS) is 11.7. The fourth-order valence-corrected chi connectivity index (χ4v) is 3.26. The number of aromatic nitrogens is 1. The first-order valence-corrected chi connectivity index (χ1v) is 8.96. The number of furan rings is 1. The van der Waals surface area contributed by atoms with Crippen molar-refractivity contribution in [3.05, 3.63) is 52.2 Å². The summed E-state index contributed by atoms with van der Waals surface area (Å²) in [5.41, 5.74) is 2.73. The van der Waals surface area contributed by atoms with E-state index in [1.54, 1.807) is 25.1 Å². The molecule has 1 N–H and O–H groups in total. The van der Waals surface area contributed by atoms with Gasteiger partial charge in [-0.2, -0.15) is 8.42 Å². The number of nitrogens with one attached hydrogen (secondary N) is 1. The van der Waals surface area contributed by atoms with Gasteiger partial charge in [-0.1, -0.05) is 22.8 Å². The van der Waals surface area contributed by atoms with E-state index in [1.165, 1.54) is 12.1 Å². The average molecular weight is 367 g/mol. The molecule has 24 heavy (non-hydrogen) atoms. The second-order valence-electron chi connectivity index (χ2n) is 5.41. The van der Waals surface area contributed by atoms with E-state index >= 15 is 0 Å². The summed E-state index contributed by atoms with van der Waals surface area (Å²) >= 11 is 6.01. The minimum absolute atomic E-state index is 0.220. The van der Waals surface area contributed by atoms with Gasteiger partial charge in [-0.3, -0.25) is 4.72 Å². The van der Waals surface area contributed by atoms with Gasteiger partial charge in [-0.15, -0.1) is 0 Å². The number of sulfonamides is 1. The van der Waals surface area contributed by atoms with Gasteiger partial charge in [0.05, 0.1) is 11.4 Å². The predicted octanol–water partition coefficient (Wildman–Crippen LogP) is 4.31. The van der Waals surface area contributed by atoms with Crippen molar-refractivity contribution in [2.24, 2.45) is 0 Å². The molecule has 126 valence electrons. The maximum atomic E-state index is 12.4. The maximum Gasteiger partial charge on any atom is 0.295 e. The van der Waals surface area contributed by atoms with Crippen LogP contribution in [-0.4, -0.2) is 13.6 Å². The molecule has 0 radical (unpaired) electrons. The first kappa shape index (κ1) is 16.6. The summed E-state index contributed by atoms with van der Waals surface area (Å²) < 4.78 is 37.9. The summed E-state index contributed by atoms with van der Waals surface area (Å²) in [4.78, 5) is 0. The van der Waals surface area contributed by atoms with E-state index in [1.807, 2.05) is 13.8 Å². The molecule has 0 spiro atoms. The summed E-state index contributed by atoms with van der Waals surface area (Å²) in [5.74, 6) is 0.711. The van der Waals surface area contributed by atoms with Crippen LogP contribution < -0.4 is 4.72 Å². The van der Waals surface area contributed by atoms with Crippen molar-refractivity contribution in [2.75, 3.05) is 4.72 Å². The van der Waals surface area contributed by atoms with Gasteiger partial charge in [0.2, 0.25) is 10.9 Å². The second kappa shape index (κ2) is 5.99. The van der Waals surface area contributed by atoms with E-state index in [2.05, 4.69) is 9.88 Å². The molecule has 0 aliphatic carbocycles. The van der Waals surface area contributed by atoms with E-state index < -0.39 is 10.0 Å². The van der Waals surface area contributed by atoms with Crippen molar-refractivity contribution in [3.8, 4) is 11.5 Å². The van der Waals surface area contributed by atoms with Crippen LogP contribution in [0.4, 0.5) is 5.69 Å². The van der Waals surface area contributed by atoms with Crippen LogP contribution in [-0.2, 0) is 10.0 Å². The van der Waals surface area contributed by atoms with E-state index in [4.69, 9.17) is 20.5 Å². The van der Waals surface area contributed by atoms with Crippen molar-refractivity contribution in [1.82, 2.24) is 5.16 Å². The topological polar surface area (TPSA) is 85.3 Å². The van der Waals surface area contributed by atoms with Gasteiger partial charge < -0.3 is 8.94 Å². The van der Waals surface area contributed by atoms with Crippen LogP contribution in [0.25, 0.3) is 11.5 Å². The highest BCUT2D eigenvalue weighted by atomic mass is 35.5. The van der Waals surface area contributed by atoms with Crippen molar-refractivity contribution in [3.63, 3.8) is 0 Å². The molecular weight excluding hydrogens is 352 g/mol. The Hall–Kier alpha value is -2.25. The van der Waals surface area contributed by atoms with Gasteiger partial charge in [0.25, 0.3) is 10.0 Å². The SMILES string of the molecule is Cc1ccc(NS(=O)(=O)c2ccc(-c3onc(C)c3C)o2)cc1Cl. The molecule has 0 aliphatic rings. The Morgan fingerprint density at radius 1 is 1.12 bits per heavy atom. The molecule has 0 fully saturated rings. The van der Waals surface area contributed by atoms with Crippen LogP contribution in [0.1, 0.15) is 16.8 Å². The third-order valence-corrected chi connectivity index (χ3v) is 5.31. The number of halogens is 1. The predicted molar refractivity (Wildman–Crippen MR) is 90.7 cm³/mol. The van der Waals surface area contributed by atoms with Gasteiger partial charge >= 0.3 is 0 Å². The smallest absolute Gasteiger partial charge is 0.295 e. The number of benzene rings is 1. The number of hydrogen-bond acceptors (Lipinski definition) is 5. The molecule has 2 aromatic heterocycles. The maximum absolute atomic E-state index is 12.4. The second-order valence-corrected chi connectivity index (χ2v) is 7.43. The Kier molecular flexibility index (Phi) is 4.15. The first-order chi connectivity index (χ1) is 11.3. The Morgan fingerprint density at radius 3 is 2.50 bits per heavy atom. The monoisotopic (exact) mass is 366 g/mol. The van der Waals surface area contributed by atoms with Gasteiger partial charge in [0, 0.05) is 10.6 Å². The average Bonchev–Trinajstić information content (AvgIpc) is 3.12. The Balaban J connectivity index is 1.90. The lowest BCUT2D eigenvalue weighted by Gasteiger charge is -2.07. The lowest BCUT2D eigenvalue weighted by atomic mass is 10.2. The van der Waals surface area contributed by atoms with Crippen LogP contribution in [0.3, 0.4) is 0 Å². The molecule has 0 aliphatic heterocycles. The fourth-order valence-electron chi connectivity index (χ4n) is 2.09. The van der Waals surface area contributed by atoms with E-state index in [9.17, 15) is 8.42 Å². The van der Waals surface area contributed by atoms with Crippen LogP contribution in [0.5, 0.6) is 0 Å². The van der Waals surface area contributed by atoms with Gasteiger partial charge in [-0.05, 0) is 50.6 Å². The molecule has 0 saturated heterocycles. The summed E-state index contributed by atoms with van der Waals surface area (Å²) in [6.07, 6.45) is 0. The Morgan fingerprint density at radius 2 is 1.88 bits per heavy atom. The zero-order valence-corrected chi connectivity index (χ0v) is 14.8. The third-order valence-electron chi connectivity index (χ3n) is 3.65. The minimum Gasteiger partial charge on any atom is -0.439 e. The molecule has 0 atom stereocenters. The zero-order chi connectivity index (χ0) is 17.5. The van der Waals surface area contributed by atoms with Crippen LogP contribution in [0, 0.1) is 20.8 Å². The molecule has 0 unspecified atom stereocenters. The van der Waals surface area contributed by atoms with Crippen molar-refractivity contribution < 1.29 is 17.4 Å². The molecule has 0 amide bonds. The summed E-state index contributed by atoms with van der Waals surface area (Å²) in [6.45, 7) is 5.46. The number of aryl methyl sites for hydroxylation is 2. The number of hydrogen-bond donors (Lipinski definition) is 1. The third kappa shape index (κ3) is 3.05. The highest BCUT2D eigenvalue weighted by Crippen LogP contribution is 2.30. The molecule has 1 aromatic carbocycles. The molecule has 6 nitrogen and oxygen atoms in total. The molecule has 8 heteroatoms. The lowest BCUT2D eigenvalue weighted by Crippen LogP contribution is -2.12. The molecule has 0 saturated carbocycles. The minimum atomic E-state index is -3.87. The molecule has 3 rings (SSSR count). The van der Waals surface area contributed by atoms with E-state index in [0.717, 1.165) is 16.8 Å². The first-order valence-electron chi connectivity index (χ1n) is 7.10. The van der Waals surface area contributed by atoms with E-state index in [0.29, 0.717) is 22.2 Å². The Bertz CT molecular complexity index is 1010. The van der Waals surface area contributed by atoms with Crippen molar-refractivity contribution in [1.29, 1.82) is 0 Å². The molecule has 2 heterocycles. The fraction of sp³-hybridized carbons (Fsp3) is 0.188. The van der Waals surface area contributed by atoms with Crippen molar-refractivity contribution in [2.45, 2.75) is 25.9 Å².